The Balaban J connectivity index is 1.78. The van der Waals surface area contributed by atoms with E-state index in [-0.39, 0.29) is 0 Å². The van der Waals surface area contributed by atoms with Crippen LogP contribution in [0.2, 0.25) is 0 Å². The van der Waals surface area contributed by atoms with E-state index in [2.05, 4.69) is 31.1 Å². The summed E-state index contributed by atoms with van der Waals surface area (Å²) >= 11 is 0. The second kappa shape index (κ2) is 5.70. The van der Waals surface area contributed by atoms with Gasteiger partial charge < -0.3 is 10.1 Å². The van der Waals surface area contributed by atoms with Gasteiger partial charge in [-0.15, -0.1) is 0 Å². The Labute approximate surface area is 110 Å². The zero-order chi connectivity index (χ0) is 13.0. The summed E-state index contributed by atoms with van der Waals surface area (Å²) < 4.78 is 5.71. The number of pyridine rings is 1. The van der Waals surface area contributed by atoms with Crippen molar-refractivity contribution in [3.8, 4) is 5.88 Å². The Morgan fingerprint density at radius 3 is 2.83 bits per heavy atom. The van der Waals surface area contributed by atoms with Gasteiger partial charge in [-0.2, -0.15) is 0 Å². The molecule has 1 fully saturated rings. The first-order valence-electron chi connectivity index (χ1n) is 6.84. The highest BCUT2D eigenvalue weighted by atomic mass is 16.5. The molecule has 2 rings (SSSR count). The summed E-state index contributed by atoms with van der Waals surface area (Å²) in [5, 5.41) is 3.50. The molecule has 1 aromatic rings. The lowest BCUT2D eigenvalue weighted by Crippen LogP contribution is -2.15. The minimum absolute atomic E-state index is 0.311. The predicted octanol–water partition coefficient (Wildman–Crippen LogP) is 3.15. The molecule has 0 saturated heterocycles. The molecule has 0 spiro atoms. The van der Waals surface area contributed by atoms with Gasteiger partial charge in [-0.1, -0.05) is 20.8 Å². The van der Waals surface area contributed by atoms with Crippen molar-refractivity contribution >= 4 is 0 Å². The first-order chi connectivity index (χ1) is 8.53. The maximum absolute atomic E-state index is 5.71. The molecule has 100 valence electrons. The molecular formula is C15H24N2O. The lowest BCUT2D eigenvalue weighted by atomic mass is 9.93. The summed E-state index contributed by atoms with van der Waals surface area (Å²) in [7, 11) is 0. The molecular weight excluding hydrogens is 224 g/mol. The van der Waals surface area contributed by atoms with Crippen molar-refractivity contribution < 1.29 is 4.74 Å². The van der Waals surface area contributed by atoms with Crippen molar-refractivity contribution in [1.82, 2.24) is 10.3 Å². The summed E-state index contributed by atoms with van der Waals surface area (Å²) in [5.41, 5.74) is 1.56. The Hall–Kier alpha value is -1.09. The molecule has 0 aromatic carbocycles. The first-order valence-corrected chi connectivity index (χ1v) is 6.84. The molecule has 3 nitrogen and oxygen atoms in total. The fraction of sp³-hybridized carbons (Fsp3) is 0.667. The van der Waals surface area contributed by atoms with Crippen molar-refractivity contribution in [2.75, 3.05) is 6.61 Å². The van der Waals surface area contributed by atoms with E-state index < -0.39 is 0 Å². The van der Waals surface area contributed by atoms with Crippen LogP contribution >= 0.6 is 0 Å². The highest BCUT2D eigenvalue weighted by Gasteiger charge is 2.19. The van der Waals surface area contributed by atoms with E-state index in [0.29, 0.717) is 5.41 Å². The van der Waals surface area contributed by atoms with E-state index in [1.54, 1.807) is 0 Å². The topological polar surface area (TPSA) is 34.1 Å². The monoisotopic (exact) mass is 248 g/mol. The Morgan fingerprint density at radius 2 is 2.17 bits per heavy atom. The molecule has 1 saturated carbocycles. The number of rotatable bonds is 6. The van der Waals surface area contributed by atoms with Crippen LogP contribution in [-0.4, -0.2) is 17.6 Å². The van der Waals surface area contributed by atoms with E-state index in [1.807, 2.05) is 18.3 Å². The molecule has 0 bridgehead atoms. The van der Waals surface area contributed by atoms with E-state index in [1.165, 1.54) is 18.4 Å². The second-order valence-electron chi connectivity index (χ2n) is 6.32. The van der Waals surface area contributed by atoms with E-state index in [4.69, 9.17) is 4.74 Å². The molecule has 3 heteroatoms. The van der Waals surface area contributed by atoms with Crippen LogP contribution in [0.1, 0.15) is 45.6 Å². The number of nitrogens with one attached hydrogen (secondary N) is 1. The number of ether oxygens (including phenoxy) is 1. The van der Waals surface area contributed by atoms with Crippen LogP contribution < -0.4 is 10.1 Å². The predicted molar refractivity (Wildman–Crippen MR) is 73.7 cm³/mol. The second-order valence-corrected chi connectivity index (χ2v) is 6.32. The smallest absolute Gasteiger partial charge is 0.213 e. The van der Waals surface area contributed by atoms with Gasteiger partial charge in [0.1, 0.15) is 0 Å². The Morgan fingerprint density at radius 1 is 1.39 bits per heavy atom. The van der Waals surface area contributed by atoms with Gasteiger partial charge in [0.15, 0.2) is 0 Å². The molecule has 0 unspecified atom stereocenters. The fourth-order valence-electron chi connectivity index (χ4n) is 1.65. The molecule has 0 aliphatic heterocycles. The van der Waals surface area contributed by atoms with Crippen molar-refractivity contribution in [3.63, 3.8) is 0 Å². The van der Waals surface area contributed by atoms with Crippen LogP contribution in [-0.2, 0) is 6.54 Å². The van der Waals surface area contributed by atoms with Gasteiger partial charge in [-0.25, -0.2) is 4.98 Å². The quantitative estimate of drug-likeness (QED) is 0.839. The van der Waals surface area contributed by atoms with Gasteiger partial charge in [0.2, 0.25) is 5.88 Å². The van der Waals surface area contributed by atoms with E-state index in [0.717, 1.165) is 31.5 Å². The van der Waals surface area contributed by atoms with Crippen LogP contribution in [0.5, 0.6) is 5.88 Å². The molecule has 18 heavy (non-hydrogen) atoms. The highest BCUT2D eigenvalue weighted by molar-refractivity contribution is 5.20. The van der Waals surface area contributed by atoms with Gasteiger partial charge in [0.25, 0.3) is 0 Å². The van der Waals surface area contributed by atoms with Gasteiger partial charge in [0, 0.05) is 24.8 Å². The van der Waals surface area contributed by atoms with E-state index in [9.17, 15) is 0 Å². The third-order valence-electron chi connectivity index (χ3n) is 3.07. The molecule has 1 heterocycles. The summed E-state index contributed by atoms with van der Waals surface area (Å²) in [6.07, 6.45) is 5.51. The highest BCUT2D eigenvalue weighted by Crippen LogP contribution is 2.21. The molecule has 1 aliphatic rings. The van der Waals surface area contributed by atoms with Crippen LogP contribution in [0.15, 0.2) is 18.3 Å². The molecule has 0 atom stereocenters. The van der Waals surface area contributed by atoms with Crippen molar-refractivity contribution in [3.05, 3.63) is 23.9 Å². The van der Waals surface area contributed by atoms with Gasteiger partial charge in [-0.05, 0) is 36.3 Å². The van der Waals surface area contributed by atoms with Gasteiger partial charge >= 0.3 is 0 Å². The summed E-state index contributed by atoms with van der Waals surface area (Å²) in [6.45, 7) is 8.32. The standard InChI is InChI=1S/C15H24N2O/c1-15(2,3)7-9-18-14-10-12(6-8-16-14)11-17-13-4-5-13/h6,8,10,13,17H,4-5,7,9,11H2,1-3H3. The lowest BCUT2D eigenvalue weighted by Gasteiger charge is -2.17. The van der Waals surface area contributed by atoms with Crippen LogP contribution in [0.3, 0.4) is 0 Å². The number of nitrogens with zero attached hydrogens (tertiary/aromatic N) is 1. The zero-order valence-electron chi connectivity index (χ0n) is 11.7. The van der Waals surface area contributed by atoms with Crippen LogP contribution in [0.4, 0.5) is 0 Å². The molecule has 1 aliphatic carbocycles. The fourth-order valence-corrected chi connectivity index (χ4v) is 1.65. The van der Waals surface area contributed by atoms with Crippen molar-refractivity contribution in [2.24, 2.45) is 5.41 Å². The maximum Gasteiger partial charge on any atom is 0.213 e. The maximum atomic E-state index is 5.71. The Bertz CT molecular complexity index is 380. The molecule has 0 radical (unpaired) electrons. The lowest BCUT2D eigenvalue weighted by molar-refractivity contribution is 0.236. The largest absolute Gasteiger partial charge is 0.478 e. The SMILES string of the molecule is CC(C)(C)CCOc1cc(CNC2CC2)ccn1. The Kier molecular flexibility index (Phi) is 4.23. The number of hydrogen-bond acceptors (Lipinski definition) is 3. The van der Waals surface area contributed by atoms with Crippen LogP contribution in [0.25, 0.3) is 0 Å². The molecule has 0 amide bonds. The van der Waals surface area contributed by atoms with Crippen molar-refractivity contribution in [1.29, 1.82) is 0 Å². The van der Waals surface area contributed by atoms with Crippen molar-refractivity contribution in [2.45, 2.75) is 52.6 Å². The van der Waals surface area contributed by atoms with Crippen LogP contribution in [0, 0.1) is 5.41 Å². The third-order valence-corrected chi connectivity index (χ3v) is 3.07. The minimum atomic E-state index is 0.311. The number of hydrogen-bond donors (Lipinski definition) is 1. The van der Waals surface area contributed by atoms with E-state index >= 15 is 0 Å². The number of aromatic nitrogens is 1. The molecule has 1 aromatic heterocycles. The normalized spacial score (nSPS) is 15.7. The zero-order valence-corrected chi connectivity index (χ0v) is 11.7. The first kappa shape index (κ1) is 13.3. The summed E-state index contributed by atoms with van der Waals surface area (Å²) in [6, 6.07) is 4.83. The van der Waals surface area contributed by atoms with Gasteiger partial charge in [-0.3, -0.25) is 0 Å². The molecule has 1 N–H and O–H groups in total. The summed E-state index contributed by atoms with van der Waals surface area (Å²) in [4.78, 5) is 4.25. The average molecular weight is 248 g/mol. The average Bonchev–Trinajstić information content (AvgIpc) is 3.09. The minimum Gasteiger partial charge on any atom is -0.478 e. The third kappa shape index (κ3) is 5.05. The summed E-state index contributed by atoms with van der Waals surface area (Å²) in [5.74, 6) is 0.745. The van der Waals surface area contributed by atoms with Gasteiger partial charge in [0.05, 0.1) is 6.61 Å².